The molecule has 4 heteroatoms. The number of carbonyl (C=O) groups excluding carboxylic acids is 4. The molecule has 0 unspecified atom stereocenters. The quantitative estimate of drug-likeness (QED) is 0.289. The largest absolute Gasteiger partial charge is 0.289 e. The SMILES string of the molecule is CC.O=C1c2ccccc2C(=O)c2ccccc21.O=C1c2ccccc2C(=O)c2ccccc21. The Morgan fingerprint density at radius 3 is 0.529 bits per heavy atom. The van der Waals surface area contributed by atoms with Gasteiger partial charge < -0.3 is 0 Å². The second-order valence-electron chi connectivity index (χ2n) is 7.50. The molecule has 0 saturated carbocycles. The molecule has 4 aromatic rings. The summed E-state index contributed by atoms with van der Waals surface area (Å²) in [6, 6.07) is 27.8. The van der Waals surface area contributed by atoms with E-state index in [1.807, 2.05) is 13.8 Å². The first-order chi connectivity index (χ1) is 16.6. The number of ketones is 4. The molecule has 2 aliphatic rings. The van der Waals surface area contributed by atoms with Gasteiger partial charge in [0, 0.05) is 44.5 Å². The number of carbonyl (C=O) groups is 4. The van der Waals surface area contributed by atoms with E-state index in [1.165, 1.54) is 0 Å². The first kappa shape index (κ1) is 22.7. The van der Waals surface area contributed by atoms with Crippen molar-refractivity contribution in [3.05, 3.63) is 142 Å². The average molecular weight is 447 g/mol. The van der Waals surface area contributed by atoms with E-state index in [4.69, 9.17) is 0 Å². The lowest BCUT2D eigenvalue weighted by Crippen LogP contribution is -2.20. The molecular formula is C30H22O4. The Bertz CT molecular complexity index is 1120. The molecule has 0 bridgehead atoms. The minimum Gasteiger partial charge on any atom is -0.289 e. The highest BCUT2D eigenvalue weighted by molar-refractivity contribution is 6.29. The van der Waals surface area contributed by atoms with E-state index in [0.29, 0.717) is 44.5 Å². The van der Waals surface area contributed by atoms with E-state index < -0.39 is 0 Å². The maximum atomic E-state index is 12.1. The number of rotatable bonds is 0. The number of hydrogen-bond donors (Lipinski definition) is 0. The standard InChI is InChI=1S/2C14H8O2.C2H6/c2*15-13-9-5-1-2-6-10(9)14(16)12-8-4-3-7-11(12)13;1-2/h2*1-8H;1-2H3. The molecule has 34 heavy (non-hydrogen) atoms. The van der Waals surface area contributed by atoms with Crippen molar-refractivity contribution in [3.63, 3.8) is 0 Å². The third-order valence-electron chi connectivity index (χ3n) is 5.67. The van der Waals surface area contributed by atoms with Crippen molar-refractivity contribution in [2.45, 2.75) is 13.8 Å². The lowest BCUT2D eigenvalue weighted by Gasteiger charge is -2.16. The van der Waals surface area contributed by atoms with Crippen LogP contribution in [0.2, 0.25) is 0 Å². The van der Waals surface area contributed by atoms with E-state index in [1.54, 1.807) is 97.1 Å². The fraction of sp³-hybridized carbons (Fsp3) is 0.0667. The molecule has 0 saturated heterocycles. The first-order valence-electron chi connectivity index (χ1n) is 11.1. The predicted molar refractivity (Wildman–Crippen MR) is 131 cm³/mol. The Hall–Kier alpha value is -4.44. The molecule has 4 nitrogen and oxygen atoms in total. The van der Waals surface area contributed by atoms with Crippen molar-refractivity contribution < 1.29 is 19.2 Å². The molecule has 0 radical (unpaired) electrons. The summed E-state index contributed by atoms with van der Waals surface area (Å²) in [5, 5.41) is 0. The summed E-state index contributed by atoms with van der Waals surface area (Å²) in [4.78, 5) is 48.4. The maximum Gasteiger partial charge on any atom is 0.194 e. The van der Waals surface area contributed by atoms with Crippen LogP contribution in [-0.4, -0.2) is 23.1 Å². The second-order valence-corrected chi connectivity index (χ2v) is 7.50. The molecule has 0 amide bonds. The van der Waals surface area contributed by atoms with Crippen LogP contribution >= 0.6 is 0 Å². The monoisotopic (exact) mass is 446 g/mol. The van der Waals surface area contributed by atoms with Gasteiger partial charge in [0.2, 0.25) is 0 Å². The number of benzene rings is 4. The summed E-state index contributed by atoms with van der Waals surface area (Å²) < 4.78 is 0. The van der Waals surface area contributed by atoms with E-state index >= 15 is 0 Å². The van der Waals surface area contributed by atoms with Crippen molar-refractivity contribution in [2.75, 3.05) is 0 Å². The fourth-order valence-electron chi connectivity index (χ4n) is 4.10. The van der Waals surface area contributed by atoms with Crippen molar-refractivity contribution in [2.24, 2.45) is 0 Å². The molecule has 166 valence electrons. The average Bonchev–Trinajstić information content (AvgIpc) is 2.92. The second kappa shape index (κ2) is 9.59. The van der Waals surface area contributed by atoms with Crippen LogP contribution in [0, 0.1) is 0 Å². The topological polar surface area (TPSA) is 68.3 Å². The summed E-state index contributed by atoms with van der Waals surface area (Å²) in [5.41, 5.74) is 4.05. The van der Waals surface area contributed by atoms with Crippen LogP contribution in [-0.2, 0) is 0 Å². The van der Waals surface area contributed by atoms with Gasteiger partial charge in [-0.3, -0.25) is 19.2 Å². The third-order valence-corrected chi connectivity index (χ3v) is 5.67. The molecule has 0 aromatic heterocycles. The van der Waals surface area contributed by atoms with Crippen LogP contribution in [0.25, 0.3) is 0 Å². The lowest BCUT2D eigenvalue weighted by atomic mass is 9.84. The van der Waals surface area contributed by atoms with Gasteiger partial charge in [0.05, 0.1) is 0 Å². The van der Waals surface area contributed by atoms with Crippen LogP contribution in [0.15, 0.2) is 97.1 Å². The van der Waals surface area contributed by atoms with Gasteiger partial charge in [-0.1, -0.05) is 111 Å². The van der Waals surface area contributed by atoms with Crippen LogP contribution < -0.4 is 0 Å². The molecule has 0 atom stereocenters. The molecular weight excluding hydrogens is 424 g/mol. The summed E-state index contributed by atoms with van der Waals surface area (Å²) in [5.74, 6) is -0.256. The van der Waals surface area contributed by atoms with Gasteiger partial charge in [0.1, 0.15) is 0 Å². The van der Waals surface area contributed by atoms with Crippen molar-refractivity contribution in [3.8, 4) is 0 Å². The zero-order valence-corrected chi connectivity index (χ0v) is 18.9. The Balaban J connectivity index is 0.000000150. The number of hydrogen-bond acceptors (Lipinski definition) is 4. The van der Waals surface area contributed by atoms with E-state index in [0.717, 1.165) is 0 Å². The van der Waals surface area contributed by atoms with Gasteiger partial charge in [-0.25, -0.2) is 0 Å². The Kier molecular flexibility index (Phi) is 6.42. The van der Waals surface area contributed by atoms with Crippen LogP contribution in [0.4, 0.5) is 0 Å². The highest BCUT2D eigenvalue weighted by atomic mass is 16.1. The Morgan fingerprint density at radius 2 is 0.412 bits per heavy atom. The van der Waals surface area contributed by atoms with Crippen LogP contribution in [0.5, 0.6) is 0 Å². The minimum atomic E-state index is -0.0641. The summed E-state index contributed by atoms with van der Waals surface area (Å²) >= 11 is 0. The summed E-state index contributed by atoms with van der Waals surface area (Å²) in [7, 11) is 0. The van der Waals surface area contributed by atoms with Gasteiger partial charge in [-0.15, -0.1) is 0 Å². The molecule has 0 aliphatic heterocycles. The van der Waals surface area contributed by atoms with Crippen LogP contribution in [0.3, 0.4) is 0 Å². The zero-order valence-electron chi connectivity index (χ0n) is 18.9. The normalized spacial score (nSPS) is 12.6. The molecule has 0 fully saturated rings. The van der Waals surface area contributed by atoms with Gasteiger partial charge in [0.25, 0.3) is 0 Å². The van der Waals surface area contributed by atoms with E-state index in [-0.39, 0.29) is 23.1 Å². The highest BCUT2D eigenvalue weighted by Gasteiger charge is 2.29. The summed E-state index contributed by atoms with van der Waals surface area (Å²) in [6.07, 6.45) is 0. The van der Waals surface area contributed by atoms with Crippen molar-refractivity contribution in [1.29, 1.82) is 0 Å². The van der Waals surface area contributed by atoms with E-state index in [9.17, 15) is 19.2 Å². The summed E-state index contributed by atoms with van der Waals surface area (Å²) in [6.45, 7) is 4.00. The van der Waals surface area contributed by atoms with Gasteiger partial charge in [-0.2, -0.15) is 0 Å². The van der Waals surface area contributed by atoms with Crippen LogP contribution in [0.1, 0.15) is 77.5 Å². The molecule has 4 aromatic carbocycles. The van der Waals surface area contributed by atoms with E-state index in [2.05, 4.69) is 0 Å². The predicted octanol–water partition coefficient (Wildman–Crippen LogP) is 5.95. The zero-order chi connectivity index (χ0) is 24.2. The smallest absolute Gasteiger partial charge is 0.194 e. The lowest BCUT2D eigenvalue weighted by molar-refractivity contribution is 0.0979. The van der Waals surface area contributed by atoms with Crippen molar-refractivity contribution >= 4 is 23.1 Å². The fourth-order valence-corrected chi connectivity index (χ4v) is 4.10. The first-order valence-corrected chi connectivity index (χ1v) is 11.1. The third kappa shape index (κ3) is 3.80. The maximum absolute atomic E-state index is 12.1. The Labute approximate surface area is 197 Å². The molecule has 6 rings (SSSR count). The molecule has 0 spiro atoms. The highest BCUT2D eigenvalue weighted by Crippen LogP contribution is 2.27. The Morgan fingerprint density at radius 1 is 0.294 bits per heavy atom. The van der Waals surface area contributed by atoms with Crippen molar-refractivity contribution in [1.82, 2.24) is 0 Å². The molecule has 0 heterocycles. The minimum absolute atomic E-state index is 0.0641. The van der Waals surface area contributed by atoms with Gasteiger partial charge >= 0.3 is 0 Å². The van der Waals surface area contributed by atoms with Gasteiger partial charge in [0.15, 0.2) is 23.1 Å². The number of fused-ring (bicyclic) bond motifs is 4. The molecule has 0 N–H and O–H groups in total. The molecule has 2 aliphatic carbocycles. The van der Waals surface area contributed by atoms with Gasteiger partial charge in [-0.05, 0) is 0 Å².